The Morgan fingerprint density at radius 3 is 2.80 bits per heavy atom. The topological polar surface area (TPSA) is 58.9 Å². The van der Waals surface area contributed by atoms with Gasteiger partial charge in [-0.15, -0.1) is 0 Å². The molecule has 0 radical (unpaired) electrons. The third-order valence-corrected chi connectivity index (χ3v) is 2.26. The summed E-state index contributed by atoms with van der Waals surface area (Å²) in [7, 11) is 0. The van der Waals surface area contributed by atoms with Crippen molar-refractivity contribution < 1.29 is 14.7 Å². The summed E-state index contributed by atoms with van der Waals surface area (Å²) in [4.78, 5) is 15.4. The van der Waals surface area contributed by atoms with Crippen LogP contribution in [-0.4, -0.2) is 22.9 Å². The molecule has 0 aliphatic carbocycles. The molecule has 15 heavy (non-hydrogen) atoms. The number of aliphatic carboxylic acids is 1. The molecule has 1 aromatic carbocycles. The molecule has 0 fully saturated rings. The number of carbonyl (C=O) groups is 1. The van der Waals surface area contributed by atoms with Crippen LogP contribution in [0.5, 0.6) is 0 Å². The first-order valence-electron chi connectivity index (χ1n) is 4.74. The second kappa shape index (κ2) is 4.13. The zero-order valence-electron chi connectivity index (χ0n) is 8.09. The van der Waals surface area contributed by atoms with E-state index in [1.54, 1.807) is 0 Å². The molecule has 1 N–H and O–H groups in total. The Kier molecular flexibility index (Phi) is 2.67. The van der Waals surface area contributed by atoms with Crippen molar-refractivity contribution in [3.63, 3.8) is 0 Å². The van der Waals surface area contributed by atoms with Gasteiger partial charge >= 0.3 is 5.97 Å². The number of oxime groups is 1. The molecule has 0 saturated carbocycles. The highest BCUT2D eigenvalue weighted by Gasteiger charge is 2.27. The quantitative estimate of drug-likeness (QED) is 0.812. The van der Waals surface area contributed by atoms with Crippen LogP contribution in [0.2, 0.25) is 0 Å². The summed E-state index contributed by atoms with van der Waals surface area (Å²) in [6, 6.07) is 9.80. The van der Waals surface area contributed by atoms with E-state index < -0.39 is 12.1 Å². The van der Waals surface area contributed by atoms with E-state index in [4.69, 9.17) is 9.94 Å². The number of carboxylic acids is 1. The van der Waals surface area contributed by atoms with E-state index in [0.29, 0.717) is 12.8 Å². The Balaban J connectivity index is 1.96. The molecule has 78 valence electrons. The maximum absolute atomic E-state index is 10.6. The van der Waals surface area contributed by atoms with E-state index >= 15 is 0 Å². The van der Waals surface area contributed by atoms with E-state index in [-0.39, 0.29) is 0 Å². The van der Waals surface area contributed by atoms with Gasteiger partial charge in [0.2, 0.25) is 6.10 Å². The van der Waals surface area contributed by atoms with Crippen LogP contribution in [0.1, 0.15) is 12.0 Å². The van der Waals surface area contributed by atoms with Gasteiger partial charge < -0.3 is 9.94 Å². The number of nitrogens with zero attached hydrogens (tertiary/aromatic N) is 1. The van der Waals surface area contributed by atoms with Crippen molar-refractivity contribution in [1.82, 2.24) is 0 Å². The van der Waals surface area contributed by atoms with Crippen LogP contribution >= 0.6 is 0 Å². The summed E-state index contributed by atoms with van der Waals surface area (Å²) in [5.41, 5.74) is 1.90. The fourth-order valence-electron chi connectivity index (χ4n) is 1.50. The highest BCUT2D eigenvalue weighted by molar-refractivity contribution is 5.91. The molecule has 2 rings (SSSR count). The van der Waals surface area contributed by atoms with Crippen molar-refractivity contribution in [3.05, 3.63) is 35.9 Å². The highest BCUT2D eigenvalue weighted by atomic mass is 16.7. The molecule has 1 aliphatic rings. The van der Waals surface area contributed by atoms with E-state index in [9.17, 15) is 4.79 Å². The molecule has 0 aromatic heterocycles. The molecule has 4 heteroatoms. The van der Waals surface area contributed by atoms with E-state index in [1.165, 1.54) is 0 Å². The second-order valence-electron chi connectivity index (χ2n) is 3.46. The summed E-state index contributed by atoms with van der Waals surface area (Å²) in [6.07, 6.45) is 0.234. The molecule has 1 atom stereocenters. The van der Waals surface area contributed by atoms with Crippen LogP contribution in [0, 0.1) is 0 Å². The monoisotopic (exact) mass is 205 g/mol. The molecule has 0 spiro atoms. The Bertz CT molecular complexity index is 386. The molecule has 0 amide bonds. The molecule has 0 unspecified atom stereocenters. The van der Waals surface area contributed by atoms with Crippen LogP contribution in [0.25, 0.3) is 0 Å². The van der Waals surface area contributed by atoms with Crippen LogP contribution in [0.4, 0.5) is 0 Å². The lowest BCUT2D eigenvalue weighted by Gasteiger charge is -2.00. The van der Waals surface area contributed by atoms with Crippen molar-refractivity contribution >= 4 is 11.7 Å². The normalized spacial score (nSPS) is 19.5. The van der Waals surface area contributed by atoms with Gasteiger partial charge in [0.25, 0.3) is 0 Å². The first-order chi connectivity index (χ1) is 7.25. The van der Waals surface area contributed by atoms with E-state index in [1.807, 2.05) is 30.3 Å². The number of benzene rings is 1. The molecular weight excluding hydrogens is 194 g/mol. The van der Waals surface area contributed by atoms with Gasteiger partial charge in [-0.3, -0.25) is 0 Å². The SMILES string of the molecule is O=C(O)[C@H]1CC(Cc2ccccc2)=NO1. The predicted octanol–water partition coefficient (Wildman–Crippen LogP) is 1.46. The van der Waals surface area contributed by atoms with Crippen molar-refractivity contribution in [1.29, 1.82) is 0 Å². The largest absolute Gasteiger partial charge is 0.478 e. The number of carboxylic acid groups (broad SMARTS) is 1. The smallest absolute Gasteiger partial charge is 0.348 e. The van der Waals surface area contributed by atoms with Gasteiger partial charge in [-0.2, -0.15) is 0 Å². The van der Waals surface area contributed by atoms with Crippen molar-refractivity contribution in [3.8, 4) is 0 Å². The summed E-state index contributed by atoms with van der Waals surface area (Å²) in [5, 5.41) is 12.5. The van der Waals surface area contributed by atoms with E-state index in [0.717, 1.165) is 11.3 Å². The average molecular weight is 205 g/mol. The minimum Gasteiger partial charge on any atom is -0.478 e. The zero-order valence-corrected chi connectivity index (χ0v) is 8.09. The summed E-state index contributed by atoms with van der Waals surface area (Å²) in [6.45, 7) is 0. The number of hydrogen-bond acceptors (Lipinski definition) is 3. The number of rotatable bonds is 3. The van der Waals surface area contributed by atoms with Crippen LogP contribution in [0.3, 0.4) is 0 Å². The Morgan fingerprint density at radius 2 is 2.20 bits per heavy atom. The Labute approximate surface area is 87.2 Å². The molecule has 4 nitrogen and oxygen atoms in total. The highest BCUT2D eigenvalue weighted by Crippen LogP contribution is 2.14. The Hall–Kier alpha value is -1.84. The lowest BCUT2D eigenvalue weighted by molar-refractivity contribution is -0.148. The molecule has 1 aromatic rings. The molecule has 0 saturated heterocycles. The fraction of sp³-hybridized carbons (Fsp3) is 0.273. The van der Waals surface area contributed by atoms with Crippen molar-refractivity contribution in [2.45, 2.75) is 18.9 Å². The summed E-state index contributed by atoms with van der Waals surface area (Å²) in [5.74, 6) is -0.957. The summed E-state index contributed by atoms with van der Waals surface area (Å²) >= 11 is 0. The van der Waals surface area contributed by atoms with E-state index in [2.05, 4.69) is 5.16 Å². The third-order valence-electron chi connectivity index (χ3n) is 2.26. The maximum Gasteiger partial charge on any atom is 0.348 e. The first-order valence-corrected chi connectivity index (χ1v) is 4.74. The molecule has 0 bridgehead atoms. The molecular formula is C11H11NO3. The second-order valence-corrected chi connectivity index (χ2v) is 3.46. The van der Waals surface area contributed by atoms with Gasteiger partial charge in [0.05, 0.1) is 5.71 Å². The first kappa shape index (κ1) is 9.71. The van der Waals surface area contributed by atoms with Crippen LogP contribution < -0.4 is 0 Å². The minimum atomic E-state index is -0.957. The Morgan fingerprint density at radius 1 is 1.47 bits per heavy atom. The van der Waals surface area contributed by atoms with Crippen molar-refractivity contribution in [2.75, 3.05) is 0 Å². The van der Waals surface area contributed by atoms with Gasteiger partial charge in [-0.05, 0) is 5.56 Å². The molecule has 1 aliphatic heterocycles. The lowest BCUT2D eigenvalue weighted by atomic mass is 10.0. The van der Waals surface area contributed by atoms with Crippen LogP contribution in [0.15, 0.2) is 35.5 Å². The van der Waals surface area contributed by atoms with Gasteiger partial charge in [-0.1, -0.05) is 35.5 Å². The maximum atomic E-state index is 10.6. The fourth-order valence-corrected chi connectivity index (χ4v) is 1.50. The standard InChI is InChI=1S/C11H11NO3/c13-11(14)10-7-9(12-15-10)6-8-4-2-1-3-5-8/h1-5,10H,6-7H2,(H,13,14)/t10-/m1/s1. The summed E-state index contributed by atoms with van der Waals surface area (Å²) < 4.78 is 0. The minimum absolute atomic E-state index is 0.379. The van der Waals surface area contributed by atoms with Crippen molar-refractivity contribution in [2.24, 2.45) is 5.16 Å². The molecule has 1 heterocycles. The zero-order chi connectivity index (χ0) is 10.7. The number of hydrogen-bond donors (Lipinski definition) is 1. The lowest BCUT2D eigenvalue weighted by Crippen LogP contribution is -2.20. The van der Waals surface area contributed by atoms with Gasteiger partial charge in [0.15, 0.2) is 0 Å². The predicted molar refractivity (Wildman–Crippen MR) is 54.7 cm³/mol. The van der Waals surface area contributed by atoms with Gasteiger partial charge in [0, 0.05) is 12.8 Å². The van der Waals surface area contributed by atoms with Crippen LogP contribution in [-0.2, 0) is 16.1 Å². The van der Waals surface area contributed by atoms with Gasteiger partial charge in [0.1, 0.15) is 0 Å². The third kappa shape index (κ3) is 2.34. The average Bonchev–Trinajstić information content (AvgIpc) is 2.68. The van der Waals surface area contributed by atoms with Gasteiger partial charge in [-0.25, -0.2) is 4.79 Å².